The minimum absolute atomic E-state index is 0.405. The van der Waals surface area contributed by atoms with Crippen molar-refractivity contribution >= 4 is 15.9 Å². The predicted octanol–water partition coefficient (Wildman–Crippen LogP) is 3.78. The van der Waals surface area contributed by atoms with Crippen molar-refractivity contribution in [3.8, 4) is 11.9 Å². The first kappa shape index (κ1) is 13.1. The summed E-state index contributed by atoms with van der Waals surface area (Å²) in [5.41, 5.74) is 3.83. The summed E-state index contributed by atoms with van der Waals surface area (Å²) in [6, 6.07) is 12.0. The molecule has 0 spiro atoms. The summed E-state index contributed by atoms with van der Waals surface area (Å²) in [7, 11) is 0. The number of hydrogen-bond acceptors (Lipinski definition) is 3. The molecule has 4 heteroatoms. The number of hydrogen-bond donors (Lipinski definition) is 0. The zero-order chi connectivity index (χ0) is 13.9. The molecule has 100 valence electrons. The Hall–Kier alpha value is -1.86. The quantitative estimate of drug-likeness (QED) is 0.861. The maximum atomic E-state index is 9.22. The third kappa shape index (κ3) is 2.54. The molecule has 1 heterocycles. The Balaban J connectivity index is 1.84. The molecule has 1 aliphatic rings. The van der Waals surface area contributed by atoms with E-state index in [2.05, 4.69) is 27.0 Å². The van der Waals surface area contributed by atoms with Crippen LogP contribution in [0.1, 0.15) is 28.8 Å². The third-order valence-electron chi connectivity index (χ3n) is 3.46. The number of rotatable bonds is 3. The molecule has 2 aromatic rings. The standard InChI is InChI=1S/C16H13BrN2O/c17-14-6-2-1-4-12(14)10-20-16-13(9-18)8-11-5-3-7-15(11)19-16/h1-2,4,6,8H,3,5,7,10H2. The van der Waals surface area contributed by atoms with Crippen LogP contribution in [0.2, 0.25) is 0 Å². The van der Waals surface area contributed by atoms with Gasteiger partial charge in [0.2, 0.25) is 5.88 Å². The van der Waals surface area contributed by atoms with Gasteiger partial charge in [-0.25, -0.2) is 4.98 Å². The highest BCUT2D eigenvalue weighted by Crippen LogP contribution is 2.27. The normalized spacial score (nSPS) is 12.8. The van der Waals surface area contributed by atoms with Gasteiger partial charge in [0, 0.05) is 15.7 Å². The fourth-order valence-corrected chi connectivity index (χ4v) is 2.80. The fraction of sp³-hybridized carbons (Fsp3) is 0.250. The molecule has 3 nitrogen and oxygen atoms in total. The Kier molecular flexibility index (Phi) is 3.70. The van der Waals surface area contributed by atoms with Crippen molar-refractivity contribution in [3.63, 3.8) is 0 Å². The zero-order valence-corrected chi connectivity index (χ0v) is 12.5. The van der Waals surface area contributed by atoms with Crippen LogP contribution in [-0.2, 0) is 19.4 Å². The molecule has 1 aromatic carbocycles. The van der Waals surface area contributed by atoms with Crippen molar-refractivity contribution in [1.82, 2.24) is 4.98 Å². The maximum absolute atomic E-state index is 9.22. The van der Waals surface area contributed by atoms with Crippen LogP contribution in [0.5, 0.6) is 5.88 Å². The lowest BCUT2D eigenvalue weighted by Gasteiger charge is -2.10. The molecule has 0 radical (unpaired) electrons. The van der Waals surface area contributed by atoms with Crippen LogP contribution >= 0.6 is 15.9 Å². The molecule has 0 fully saturated rings. The monoisotopic (exact) mass is 328 g/mol. The van der Waals surface area contributed by atoms with Gasteiger partial charge in [0.25, 0.3) is 0 Å². The highest BCUT2D eigenvalue weighted by Gasteiger charge is 2.17. The predicted molar refractivity (Wildman–Crippen MR) is 79.5 cm³/mol. The average Bonchev–Trinajstić information content (AvgIpc) is 2.92. The smallest absolute Gasteiger partial charge is 0.232 e. The molecule has 0 N–H and O–H groups in total. The molecule has 0 saturated carbocycles. The van der Waals surface area contributed by atoms with Gasteiger partial charge in [0.05, 0.1) is 0 Å². The molecule has 0 atom stereocenters. The number of aromatic nitrogens is 1. The largest absolute Gasteiger partial charge is 0.472 e. The molecular weight excluding hydrogens is 316 g/mol. The van der Waals surface area contributed by atoms with E-state index in [-0.39, 0.29) is 0 Å². The minimum Gasteiger partial charge on any atom is -0.472 e. The van der Waals surface area contributed by atoms with Gasteiger partial charge in [-0.3, -0.25) is 0 Å². The molecule has 3 rings (SSSR count). The first-order chi connectivity index (χ1) is 9.78. The number of halogens is 1. The molecule has 1 aliphatic carbocycles. The Morgan fingerprint density at radius 1 is 1.30 bits per heavy atom. The summed E-state index contributed by atoms with van der Waals surface area (Å²) in [5, 5.41) is 9.22. The Morgan fingerprint density at radius 2 is 2.15 bits per heavy atom. The Labute approximate surface area is 126 Å². The highest BCUT2D eigenvalue weighted by atomic mass is 79.9. The van der Waals surface area contributed by atoms with E-state index in [0.717, 1.165) is 35.0 Å². The van der Waals surface area contributed by atoms with E-state index in [0.29, 0.717) is 18.1 Å². The maximum Gasteiger partial charge on any atom is 0.232 e. The molecule has 0 aliphatic heterocycles. The second-order valence-electron chi connectivity index (χ2n) is 4.79. The van der Waals surface area contributed by atoms with Gasteiger partial charge in [0.1, 0.15) is 18.2 Å². The van der Waals surface area contributed by atoms with Gasteiger partial charge in [0.15, 0.2) is 0 Å². The van der Waals surface area contributed by atoms with Crippen LogP contribution in [-0.4, -0.2) is 4.98 Å². The third-order valence-corrected chi connectivity index (χ3v) is 4.23. The topological polar surface area (TPSA) is 45.9 Å². The molecule has 0 bridgehead atoms. The van der Waals surface area contributed by atoms with E-state index in [9.17, 15) is 5.26 Å². The van der Waals surface area contributed by atoms with Crippen molar-refractivity contribution in [2.75, 3.05) is 0 Å². The van der Waals surface area contributed by atoms with Gasteiger partial charge in [-0.15, -0.1) is 0 Å². The summed E-state index contributed by atoms with van der Waals surface area (Å²) < 4.78 is 6.76. The summed E-state index contributed by atoms with van der Waals surface area (Å²) >= 11 is 3.49. The van der Waals surface area contributed by atoms with Gasteiger partial charge in [-0.2, -0.15) is 5.26 Å². The summed E-state index contributed by atoms with van der Waals surface area (Å²) in [6.07, 6.45) is 3.11. The average molecular weight is 329 g/mol. The van der Waals surface area contributed by atoms with E-state index in [1.807, 2.05) is 30.3 Å². The minimum atomic E-state index is 0.405. The molecular formula is C16H13BrN2O. The fourth-order valence-electron chi connectivity index (χ4n) is 2.40. The van der Waals surface area contributed by atoms with Gasteiger partial charge in [-0.05, 0) is 37.0 Å². The van der Waals surface area contributed by atoms with Crippen LogP contribution in [0, 0.1) is 11.3 Å². The van der Waals surface area contributed by atoms with Gasteiger partial charge in [-0.1, -0.05) is 34.1 Å². The van der Waals surface area contributed by atoms with Crippen LogP contribution in [0.25, 0.3) is 0 Å². The Bertz CT molecular complexity index is 691. The van der Waals surface area contributed by atoms with Gasteiger partial charge < -0.3 is 4.74 Å². The zero-order valence-electron chi connectivity index (χ0n) is 10.9. The molecule has 0 unspecified atom stereocenters. The van der Waals surface area contributed by atoms with Gasteiger partial charge >= 0.3 is 0 Å². The molecule has 0 saturated heterocycles. The molecule has 20 heavy (non-hydrogen) atoms. The lowest BCUT2D eigenvalue weighted by atomic mass is 10.1. The van der Waals surface area contributed by atoms with Crippen molar-refractivity contribution < 1.29 is 4.74 Å². The number of pyridine rings is 1. The molecule has 1 aromatic heterocycles. The number of fused-ring (bicyclic) bond motifs is 1. The van der Waals surface area contributed by atoms with E-state index in [4.69, 9.17) is 4.74 Å². The SMILES string of the molecule is N#Cc1cc2c(nc1OCc1ccccc1Br)CCC2. The van der Waals surface area contributed by atoms with E-state index < -0.39 is 0 Å². The Morgan fingerprint density at radius 3 is 2.95 bits per heavy atom. The second-order valence-corrected chi connectivity index (χ2v) is 5.65. The number of benzene rings is 1. The number of ether oxygens (including phenoxy) is 1. The van der Waals surface area contributed by atoms with Crippen molar-refractivity contribution in [2.24, 2.45) is 0 Å². The number of nitriles is 1. The van der Waals surface area contributed by atoms with E-state index >= 15 is 0 Å². The molecule has 0 amide bonds. The lowest BCUT2D eigenvalue weighted by Crippen LogP contribution is -2.02. The first-order valence-electron chi connectivity index (χ1n) is 6.57. The summed E-state index contributed by atoms with van der Waals surface area (Å²) in [4.78, 5) is 4.51. The van der Waals surface area contributed by atoms with E-state index in [1.54, 1.807) is 0 Å². The van der Waals surface area contributed by atoms with Crippen LogP contribution < -0.4 is 4.74 Å². The van der Waals surface area contributed by atoms with Crippen LogP contribution in [0.15, 0.2) is 34.8 Å². The summed E-state index contributed by atoms with van der Waals surface area (Å²) in [5.74, 6) is 0.448. The number of aryl methyl sites for hydroxylation is 2. The second kappa shape index (κ2) is 5.64. The highest BCUT2D eigenvalue weighted by molar-refractivity contribution is 9.10. The van der Waals surface area contributed by atoms with Crippen molar-refractivity contribution in [3.05, 3.63) is 57.2 Å². The lowest BCUT2D eigenvalue weighted by molar-refractivity contribution is 0.291. The van der Waals surface area contributed by atoms with Crippen LogP contribution in [0.4, 0.5) is 0 Å². The first-order valence-corrected chi connectivity index (χ1v) is 7.36. The van der Waals surface area contributed by atoms with E-state index in [1.165, 1.54) is 5.56 Å². The summed E-state index contributed by atoms with van der Waals surface area (Å²) in [6.45, 7) is 0.405. The number of nitrogens with zero attached hydrogens (tertiary/aromatic N) is 2. The van der Waals surface area contributed by atoms with Crippen molar-refractivity contribution in [2.45, 2.75) is 25.9 Å². The van der Waals surface area contributed by atoms with Crippen molar-refractivity contribution in [1.29, 1.82) is 5.26 Å². The van der Waals surface area contributed by atoms with Crippen LogP contribution in [0.3, 0.4) is 0 Å².